The van der Waals surface area contributed by atoms with Gasteiger partial charge in [-0.05, 0) is 90.8 Å². The van der Waals surface area contributed by atoms with Crippen LogP contribution in [-0.4, -0.2) is 297 Å². The van der Waals surface area contributed by atoms with Crippen molar-refractivity contribution < 1.29 is 144 Å². The van der Waals surface area contributed by atoms with Gasteiger partial charge >= 0.3 is 5.97 Å². The maximum absolute atomic E-state index is 12.6. The number of allylic oxidation sites excluding steroid dienone is 2. The SMILES string of the molecule is CC1(C)C[C@H]2C3=CC[C@@H]4[C@@]5(C)CC[C@H](O[C@H]6O[C@H](C(=O)O)[C@@H](O)[C@H](O)[C@H]6O[C@@H]6O[C@H](CO)[C@H](O)[C@H](O)[C@H]6O[C@@H]6O[C@H](CO)[C@@H](O)[C@H](O)[C@@H]6O)[C@@](C)(CO)[C@@H]5CC[C@@]4(C)[C@]3(C)CC[C@@]2(C)[C@H](O[C@H]2OC[C@@H](O)[C@@H](O[C@@H]3O[C@H](CO)[C@@H](O)[C@H](O)[C@@H]3O)[C@H]2O)[C@@H]1O. The highest BCUT2D eigenvalue weighted by Crippen LogP contribution is 2.76. The first-order chi connectivity index (χ1) is 41.2. The van der Waals surface area contributed by atoms with Gasteiger partial charge in [0.1, 0.15) is 110 Å². The Morgan fingerprint density at radius 1 is 0.523 bits per heavy atom. The number of aliphatic hydroxyl groups is 17. The molecule has 88 heavy (non-hydrogen) atoms. The lowest BCUT2D eigenvalue weighted by atomic mass is 9.33. The summed E-state index contributed by atoms with van der Waals surface area (Å²) in [6, 6.07) is 0. The highest BCUT2D eigenvalue weighted by Gasteiger charge is 2.71. The van der Waals surface area contributed by atoms with Crippen molar-refractivity contribution in [3.63, 3.8) is 0 Å². The fraction of sp³-hybridized carbons (Fsp3) is 0.949. The van der Waals surface area contributed by atoms with Crippen molar-refractivity contribution in [3.8, 4) is 0 Å². The summed E-state index contributed by atoms with van der Waals surface area (Å²) in [4.78, 5) is 12.6. The van der Waals surface area contributed by atoms with E-state index in [9.17, 15) is 96.7 Å². The zero-order valence-corrected chi connectivity index (χ0v) is 50.6. The van der Waals surface area contributed by atoms with Gasteiger partial charge in [0.15, 0.2) is 37.6 Å². The third kappa shape index (κ3) is 11.2. The quantitative estimate of drug-likeness (QED) is 0.0539. The molecule has 4 saturated carbocycles. The van der Waals surface area contributed by atoms with Crippen LogP contribution in [0.3, 0.4) is 0 Å². The average Bonchev–Trinajstić information content (AvgIpc) is 0.677. The van der Waals surface area contributed by atoms with Crippen LogP contribution in [0.2, 0.25) is 0 Å². The predicted octanol–water partition coefficient (Wildman–Crippen LogP) is -5.06. The molecule has 5 aliphatic heterocycles. The first-order valence-electron chi connectivity index (χ1n) is 31.0. The van der Waals surface area contributed by atoms with Crippen LogP contribution in [0, 0.1) is 50.2 Å². The average molecular weight is 1270 g/mol. The lowest BCUT2D eigenvalue weighted by molar-refractivity contribution is -0.397. The number of aliphatic hydroxyl groups excluding tert-OH is 17. The second-order valence-corrected chi connectivity index (χ2v) is 28.8. The molecule has 0 bridgehead atoms. The van der Waals surface area contributed by atoms with Gasteiger partial charge in [0.25, 0.3) is 0 Å². The molecule has 0 unspecified atom stereocenters. The smallest absolute Gasteiger partial charge is 0.335 e. The van der Waals surface area contributed by atoms with Gasteiger partial charge in [0.05, 0.1) is 51.3 Å². The Bertz CT molecular complexity index is 2460. The molecule has 0 spiro atoms. The van der Waals surface area contributed by atoms with Crippen molar-refractivity contribution in [2.45, 2.75) is 266 Å². The standard InChI is InChI=1S/C59H96O29/c1-54(2)16-23-22-8-9-29-56(4)12-11-30(83-53-45(38(72)37(71)43(85-53)48(77)78)87-52-44(36(70)33(67)27(19-62)82-52)86-51-40(74)35(69)32(66)26(18-61)81-51)57(5,21-63)28(56)10-13-59(29,7)58(22,6)15-14-55(23,3)47(46(54)76)88-49-41(75)42(24(64)20-79-49)84-50-39(73)34(68)31(65)25(17-60)80-50/h8,23-47,49-53,60-76H,9-21H2,1-7H3,(H,77,78)/t23-,24+,25+,26+,27+,28+,29+,30-,31+,32+,33-,34-,35-,36-,37-,38-,39-,40-,41+,42+,43-,44+,45+,46-,47+,49+,50-,51-,52-,53-,55+,56-,57-,58+,59+/m0/s1. The van der Waals surface area contributed by atoms with Crippen molar-refractivity contribution in [2.75, 3.05) is 33.0 Å². The summed E-state index contributed by atoms with van der Waals surface area (Å²) >= 11 is 0. The minimum atomic E-state index is -2.17. The Morgan fingerprint density at radius 3 is 1.60 bits per heavy atom. The Morgan fingerprint density at radius 2 is 1.05 bits per heavy atom. The number of rotatable bonds is 15. The van der Waals surface area contributed by atoms with Crippen LogP contribution in [-0.2, 0) is 52.2 Å². The highest BCUT2D eigenvalue weighted by molar-refractivity contribution is 5.73. The molecule has 0 radical (unpaired) electrons. The van der Waals surface area contributed by atoms with Crippen molar-refractivity contribution in [1.29, 1.82) is 0 Å². The van der Waals surface area contributed by atoms with Gasteiger partial charge in [-0.15, -0.1) is 0 Å². The topological polar surface area (TPSA) is 474 Å². The maximum atomic E-state index is 12.6. The molecule has 10 rings (SSSR count). The molecule has 29 nitrogen and oxygen atoms in total. The fourth-order valence-corrected chi connectivity index (χ4v) is 17.9. The first kappa shape index (κ1) is 69.0. The molecule has 5 heterocycles. The van der Waals surface area contributed by atoms with E-state index in [0.717, 1.165) is 0 Å². The number of fused-ring (bicyclic) bond motifs is 7. The van der Waals surface area contributed by atoms with E-state index in [0.29, 0.717) is 44.9 Å². The zero-order valence-electron chi connectivity index (χ0n) is 50.6. The Labute approximate surface area is 509 Å². The van der Waals surface area contributed by atoms with Crippen LogP contribution in [0.5, 0.6) is 0 Å². The van der Waals surface area contributed by atoms with Gasteiger partial charge in [-0.25, -0.2) is 4.79 Å². The number of ether oxygens (including phenoxy) is 10. The van der Waals surface area contributed by atoms with Gasteiger partial charge in [-0.2, -0.15) is 0 Å². The fourth-order valence-electron chi connectivity index (χ4n) is 17.9. The third-order valence-corrected chi connectivity index (χ3v) is 23.6. The van der Waals surface area contributed by atoms with Crippen LogP contribution < -0.4 is 0 Å². The van der Waals surface area contributed by atoms with E-state index in [1.165, 1.54) is 5.57 Å². The van der Waals surface area contributed by atoms with E-state index in [1.54, 1.807) is 0 Å². The van der Waals surface area contributed by atoms with E-state index < -0.39 is 225 Å². The normalized spacial score (nSPS) is 55.5. The molecule has 9 fully saturated rings. The van der Waals surface area contributed by atoms with E-state index in [1.807, 2.05) is 20.8 Å². The van der Waals surface area contributed by atoms with Crippen LogP contribution in [0.4, 0.5) is 0 Å². The van der Waals surface area contributed by atoms with Crippen molar-refractivity contribution in [2.24, 2.45) is 50.2 Å². The van der Waals surface area contributed by atoms with Gasteiger partial charge < -0.3 is 139 Å². The Balaban J connectivity index is 0.892. The summed E-state index contributed by atoms with van der Waals surface area (Å²) in [5.41, 5.74) is -2.58. The largest absolute Gasteiger partial charge is 0.479 e. The lowest BCUT2D eigenvalue weighted by Crippen LogP contribution is -2.69. The molecular formula is C59H96O29. The van der Waals surface area contributed by atoms with Crippen molar-refractivity contribution in [3.05, 3.63) is 11.6 Å². The summed E-state index contributed by atoms with van der Waals surface area (Å²) in [5.74, 6) is -2.05. The number of carboxylic acids is 1. The zero-order chi connectivity index (χ0) is 64.4. The highest BCUT2D eigenvalue weighted by atomic mass is 16.8. The molecular weight excluding hydrogens is 1170 g/mol. The van der Waals surface area contributed by atoms with E-state index in [-0.39, 0.29) is 36.2 Å². The summed E-state index contributed by atoms with van der Waals surface area (Å²) in [5, 5.41) is 196. The van der Waals surface area contributed by atoms with Crippen molar-refractivity contribution >= 4 is 5.97 Å². The summed E-state index contributed by atoms with van der Waals surface area (Å²) in [7, 11) is 0. The minimum absolute atomic E-state index is 0.0245. The molecule has 506 valence electrons. The Hall–Kier alpha value is -1.87. The van der Waals surface area contributed by atoms with Crippen LogP contribution in [0.1, 0.15) is 99.8 Å². The van der Waals surface area contributed by atoms with Crippen molar-refractivity contribution in [1.82, 2.24) is 0 Å². The second-order valence-electron chi connectivity index (χ2n) is 28.8. The van der Waals surface area contributed by atoms with Gasteiger partial charge in [0.2, 0.25) is 0 Å². The van der Waals surface area contributed by atoms with Gasteiger partial charge in [-0.3, -0.25) is 0 Å². The molecule has 29 heteroatoms. The summed E-state index contributed by atoms with van der Waals surface area (Å²) in [6.07, 6.45) is -39.2. The number of aliphatic carboxylic acids is 1. The predicted molar refractivity (Wildman–Crippen MR) is 293 cm³/mol. The van der Waals surface area contributed by atoms with Crippen LogP contribution >= 0.6 is 0 Å². The molecule has 10 aliphatic rings. The van der Waals surface area contributed by atoms with E-state index in [2.05, 4.69) is 33.8 Å². The molecule has 5 saturated heterocycles. The summed E-state index contributed by atoms with van der Waals surface area (Å²) < 4.78 is 60.2. The number of carbonyl (C=O) groups is 1. The lowest BCUT2D eigenvalue weighted by Gasteiger charge is -2.72. The number of hydrogen-bond donors (Lipinski definition) is 18. The molecule has 0 aromatic rings. The molecule has 0 aromatic carbocycles. The Kier molecular flexibility index (Phi) is 19.9. The molecule has 5 aliphatic carbocycles. The first-order valence-corrected chi connectivity index (χ1v) is 31.0. The second kappa shape index (κ2) is 25.4. The molecule has 0 aromatic heterocycles. The van der Waals surface area contributed by atoms with Crippen LogP contribution in [0.25, 0.3) is 0 Å². The third-order valence-electron chi connectivity index (χ3n) is 23.6. The molecule has 0 amide bonds. The number of hydrogen-bond acceptors (Lipinski definition) is 28. The number of carboxylic acid groups (broad SMARTS) is 1. The van der Waals surface area contributed by atoms with E-state index >= 15 is 0 Å². The summed E-state index contributed by atoms with van der Waals surface area (Å²) in [6.45, 7) is 11.5. The van der Waals surface area contributed by atoms with Gasteiger partial charge in [-0.1, -0.05) is 60.1 Å². The molecule has 18 N–H and O–H groups in total. The van der Waals surface area contributed by atoms with Gasteiger partial charge in [0, 0.05) is 10.8 Å². The molecule has 35 atom stereocenters. The van der Waals surface area contributed by atoms with Crippen LogP contribution in [0.15, 0.2) is 11.6 Å². The monoisotopic (exact) mass is 1270 g/mol. The minimum Gasteiger partial charge on any atom is -0.479 e. The maximum Gasteiger partial charge on any atom is 0.335 e. The van der Waals surface area contributed by atoms with E-state index in [4.69, 9.17) is 47.4 Å².